The summed E-state index contributed by atoms with van der Waals surface area (Å²) in [4.78, 5) is 12.0. The number of nitrogens with one attached hydrogen (secondary N) is 1. The molecule has 2 rings (SSSR count). The molecule has 0 fully saturated rings. The first kappa shape index (κ1) is 14.3. The molecule has 0 aliphatic heterocycles. The second-order valence-electron chi connectivity index (χ2n) is 3.93. The number of aromatic hydroxyl groups is 1. The number of anilines is 1. The molecule has 20 heavy (non-hydrogen) atoms. The summed E-state index contributed by atoms with van der Waals surface area (Å²) in [6.45, 7) is 0. The van der Waals surface area contributed by atoms with Crippen molar-refractivity contribution in [3.05, 3.63) is 52.3 Å². The summed E-state index contributed by atoms with van der Waals surface area (Å²) in [5, 5.41) is 12.1. The van der Waals surface area contributed by atoms with E-state index in [1.54, 1.807) is 18.2 Å². The van der Waals surface area contributed by atoms with Crippen LogP contribution in [0.4, 0.5) is 10.1 Å². The van der Waals surface area contributed by atoms with Gasteiger partial charge in [-0.3, -0.25) is 4.79 Å². The number of benzene rings is 2. The lowest BCUT2D eigenvalue weighted by Gasteiger charge is -2.10. The molecule has 0 unspecified atom stereocenters. The Balaban J connectivity index is 2.33. The zero-order valence-corrected chi connectivity index (χ0v) is 12.1. The molecule has 1 amide bonds. The fraction of sp³-hybridized carbons (Fsp3) is 0.0714. The Kier molecular flexibility index (Phi) is 4.24. The van der Waals surface area contributed by atoms with Crippen molar-refractivity contribution in [2.24, 2.45) is 0 Å². The van der Waals surface area contributed by atoms with Crippen molar-refractivity contribution in [1.29, 1.82) is 0 Å². The highest BCUT2D eigenvalue weighted by Crippen LogP contribution is 2.29. The number of rotatable bonds is 3. The molecule has 4 nitrogen and oxygen atoms in total. The van der Waals surface area contributed by atoms with Gasteiger partial charge in [-0.05, 0) is 40.2 Å². The monoisotopic (exact) mass is 339 g/mol. The Labute approximate surface area is 123 Å². The average Bonchev–Trinajstić information content (AvgIpc) is 2.41. The number of hydrogen-bond acceptors (Lipinski definition) is 3. The molecule has 2 aromatic carbocycles. The molecule has 0 heterocycles. The maximum atomic E-state index is 13.6. The van der Waals surface area contributed by atoms with E-state index >= 15 is 0 Å². The predicted octanol–water partition coefficient (Wildman–Crippen LogP) is 3.55. The molecule has 104 valence electrons. The second kappa shape index (κ2) is 5.92. The topological polar surface area (TPSA) is 58.6 Å². The van der Waals surface area contributed by atoms with Crippen molar-refractivity contribution in [3.63, 3.8) is 0 Å². The van der Waals surface area contributed by atoms with E-state index in [0.29, 0.717) is 15.9 Å². The Morgan fingerprint density at radius 3 is 2.75 bits per heavy atom. The largest absolute Gasteiger partial charge is 0.507 e. The van der Waals surface area contributed by atoms with Crippen molar-refractivity contribution in [2.45, 2.75) is 0 Å². The van der Waals surface area contributed by atoms with E-state index in [1.165, 1.54) is 19.2 Å². The van der Waals surface area contributed by atoms with Crippen LogP contribution in [0.25, 0.3) is 0 Å². The highest BCUT2D eigenvalue weighted by molar-refractivity contribution is 9.10. The number of phenols is 1. The quantitative estimate of drug-likeness (QED) is 0.898. The summed E-state index contributed by atoms with van der Waals surface area (Å²) >= 11 is 3.27. The Morgan fingerprint density at radius 1 is 1.35 bits per heavy atom. The minimum atomic E-state index is -0.790. The summed E-state index contributed by atoms with van der Waals surface area (Å²) in [5.74, 6) is -1.40. The zero-order valence-electron chi connectivity index (χ0n) is 10.5. The van der Waals surface area contributed by atoms with Crippen molar-refractivity contribution < 1.29 is 19.0 Å². The molecule has 0 saturated carbocycles. The third-order valence-electron chi connectivity index (χ3n) is 2.64. The van der Waals surface area contributed by atoms with Gasteiger partial charge in [0.2, 0.25) is 0 Å². The normalized spacial score (nSPS) is 10.2. The van der Waals surface area contributed by atoms with E-state index < -0.39 is 23.0 Å². The lowest BCUT2D eigenvalue weighted by molar-refractivity contribution is 0.102. The molecule has 0 atom stereocenters. The van der Waals surface area contributed by atoms with E-state index in [9.17, 15) is 14.3 Å². The highest BCUT2D eigenvalue weighted by Gasteiger charge is 2.17. The van der Waals surface area contributed by atoms with Gasteiger partial charge in [0.1, 0.15) is 22.9 Å². The summed E-state index contributed by atoms with van der Waals surface area (Å²) in [7, 11) is 1.50. The first-order chi connectivity index (χ1) is 9.52. The van der Waals surface area contributed by atoms with Gasteiger partial charge in [-0.15, -0.1) is 0 Å². The smallest absolute Gasteiger partial charge is 0.262 e. The van der Waals surface area contributed by atoms with Gasteiger partial charge >= 0.3 is 0 Å². The third kappa shape index (κ3) is 2.91. The van der Waals surface area contributed by atoms with Crippen LogP contribution in [-0.4, -0.2) is 18.1 Å². The van der Waals surface area contributed by atoms with Gasteiger partial charge in [0.25, 0.3) is 5.91 Å². The standard InChI is InChI=1S/C14H11BrFNO3/c1-20-8-5-6-9(15)11(7-8)17-14(19)13-10(16)3-2-4-12(13)18/h2-7,18H,1H3,(H,17,19). The minimum absolute atomic E-state index is 0.401. The zero-order chi connectivity index (χ0) is 14.7. The molecule has 2 N–H and O–H groups in total. The van der Waals surface area contributed by atoms with Crippen LogP contribution in [0, 0.1) is 5.82 Å². The number of carbonyl (C=O) groups excluding carboxylic acids is 1. The molecular weight excluding hydrogens is 329 g/mol. The van der Waals surface area contributed by atoms with Gasteiger partial charge in [-0.25, -0.2) is 4.39 Å². The van der Waals surface area contributed by atoms with Gasteiger partial charge in [-0.2, -0.15) is 0 Å². The Morgan fingerprint density at radius 2 is 2.10 bits per heavy atom. The van der Waals surface area contributed by atoms with Crippen LogP contribution in [0.5, 0.6) is 11.5 Å². The van der Waals surface area contributed by atoms with Crippen molar-refractivity contribution in [1.82, 2.24) is 0 Å². The minimum Gasteiger partial charge on any atom is -0.507 e. The molecule has 6 heteroatoms. The van der Waals surface area contributed by atoms with Crippen LogP contribution < -0.4 is 10.1 Å². The summed E-state index contributed by atoms with van der Waals surface area (Å²) in [5.41, 5.74) is 0.0132. The number of phenolic OH excluding ortho intramolecular Hbond substituents is 1. The molecule has 2 aromatic rings. The summed E-state index contributed by atoms with van der Waals surface area (Å²) in [6.07, 6.45) is 0. The molecule has 0 radical (unpaired) electrons. The Bertz CT molecular complexity index is 641. The second-order valence-corrected chi connectivity index (χ2v) is 4.79. The van der Waals surface area contributed by atoms with E-state index in [2.05, 4.69) is 21.2 Å². The van der Waals surface area contributed by atoms with E-state index in [-0.39, 0.29) is 0 Å². The van der Waals surface area contributed by atoms with Gasteiger partial charge < -0.3 is 15.2 Å². The molecule has 0 saturated heterocycles. The van der Waals surface area contributed by atoms with Gasteiger partial charge in [-0.1, -0.05) is 6.07 Å². The van der Waals surface area contributed by atoms with Crippen molar-refractivity contribution in [3.8, 4) is 11.5 Å². The van der Waals surface area contributed by atoms with E-state index in [0.717, 1.165) is 6.07 Å². The molecule has 0 aromatic heterocycles. The average molecular weight is 340 g/mol. The fourth-order valence-corrected chi connectivity index (χ4v) is 2.00. The van der Waals surface area contributed by atoms with Gasteiger partial charge in [0.15, 0.2) is 0 Å². The van der Waals surface area contributed by atoms with Crippen molar-refractivity contribution >= 4 is 27.5 Å². The molecule has 0 aliphatic rings. The fourth-order valence-electron chi connectivity index (χ4n) is 1.65. The van der Waals surface area contributed by atoms with Gasteiger partial charge in [0, 0.05) is 10.5 Å². The lowest BCUT2D eigenvalue weighted by atomic mass is 10.1. The number of ether oxygens (including phenoxy) is 1. The maximum Gasteiger partial charge on any atom is 0.262 e. The van der Waals surface area contributed by atoms with Crippen molar-refractivity contribution in [2.75, 3.05) is 12.4 Å². The van der Waals surface area contributed by atoms with Gasteiger partial charge in [0.05, 0.1) is 12.8 Å². The SMILES string of the molecule is COc1ccc(Br)c(NC(=O)c2c(O)cccc2F)c1. The van der Waals surface area contributed by atoms with Crippen LogP contribution in [0.3, 0.4) is 0 Å². The highest BCUT2D eigenvalue weighted by atomic mass is 79.9. The van der Waals surface area contributed by atoms with Crippen LogP contribution in [0.15, 0.2) is 40.9 Å². The number of amides is 1. The molecule has 0 bridgehead atoms. The van der Waals surface area contributed by atoms with E-state index in [4.69, 9.17) is 4.74 Å². The third-order valence-corrected chi connectivity index (χ3v) is 3.33. The van der Waals surface area contributed by atoms with Crippen LogP contribution in [0.1, 0.15) is 10.4 Å². The molecule has 0 spiro atoms. The van der Waals surface area contributed by atoms with Crippen LogP contribution in [0.2, 0.25) is 0 Å². The number of hydrogen-bond donors (Lipinski definition) is 2. The van der Waals surface area contributed by atoms with Crippen LogP contribution >= 0.6 is 15.9 Å². The Hall–Kier alpha value is -2.08. The molecular formula is C14H11BrFNO3. The first-order valence-electron chi connectivity index (χ1n) is 5.65. The van der Waals surface area contributed by atoms with E-state index in [1.807, 2.05) is 0 Å². The van der Waals surface area contributed by atoms with Crippen LogP contribution in [-0.2, 0) is 0 Å². The number of halogens is 2. The maximum absolute atomic E-state index is 13.6. The first-order valence-corrected chi connectivity index (χ1v) is 6.44. The molecule has 0 aliphatic carbocycles. The predicted molar refractivity (Wildman–Crippen MR) is 76.7 cm³/mol. The number of methoxy groups -OCH3 is 1. The lowest BCUT2D eigenvalue weighted by Crippen LogP contribution is -2.14. The number of carbonyl (C=O) groups is 1. The summed E-state index contributed by atoms with van der Waals surface area (Å²) < 4.78 is 19.3. The summed E-state index contributed by atoms with van der Waals surface area (Å²) in [6, 6.07) is 8.66.